The van der Waals surface area contributed by atoms with Crippen molar-refractivity contribution in [2.24, 2.45) is 0 Å². The quantitative estimate of drug-likeness (QED) is 0.777. The predicted octanol–water partition coefficient (Wildman–Crippen LogP) is 1.69. The normalized spacial score (nSPS) is 13.8. The number of anilines is 2. The van der Waals surface area contributed by atoms with Crippen molar-refractivity contribution in [2.45, 2.75) is 19.4 Å². The highest BCUT2D eigenvalue weighted by molar-refractivity contribution is 5.45. The minimum Gasteiger partial charge on any atom is -0.394 e. The Hall–Kier alpha value is -2.14. The minimum absolute atomic E-state index is 0.0556. The Morgan fingerprint density at radius 1 is 1.26 bits per heavy atom. The molecule has 1 unspecified atom stereocenters. The molecule has 0 aliphatic rings. The Bertz CT molecular complexity index is 538. The van der Waals surface area contributed by atoms with E-state index in [-0.39, 0.29) is 12.6 Å². The van der Waals surface area contributed by atoms with E-state index in [1.165, 1.54) is 0 Å². The van der Waals surface area contributed by atoms with Gasteiger partial charge in [0.2, 0.25) is 5.95 Å². The lowest BCUT2D eigenvalue weighted by atomic mass is 9.93. The predicted molar refractivity (Wildman–Crippen MR) is 75.7 cm³/mol. The fourth-order valence-corrected chi connectivity index (χ4v) is 1.95. The molecule has 0 bridgehead atoms. The van der Waals surface area contributed by atoms with E-state index in [1.54, 1.807) is 6.07 Å². The number of aliphatic hydroxyl groups is 1. The molecule has 0 saturated carbocycles. The molecule has 0 amide bonds. The Morgan fingerprint density at radius 2 is 1.95 bits per heavy atom. The monoisotopic (exact) mass is 258 g/mol. The lowest BCUT2D eigenvalue weighted by molar-refractivity contribution is 0.223. The summed E-state index contributed by atoms with van der Waals surface area (Å²) in [5.41, 5.74) is 6.78. The largest absolute Gasteiger partial charge is 0.394 e. The van der Waals surface area contributed by atoms with Gasteiger partial charge in [0.15, 0.2) is 0 Å². The number of nitrogen functional groups attached to an aromatic ring is 1. The maximum Gasteiger partial charge on any atom is 0.222 e. The number of benzene rings is 1. The molecule has 1 aromatic heterocycles. The van der Waals surface area contributed by atoms with Crippen molar-refractivity contribution in [3.8, 4) is 0 Å². The summed E-state index contributed by atoms with van der Waals surface area (Å²) in [6.07, 6.45) is 0. The summed E-state index contributed by atoms with van der Waals surface area (Å²) in [6, 6.07) is 11.5. The van der Waals surface area contributed by atoms with Crippen molar-refractivity contribution >= 4 is 11.8 Å². The van der Waals surface area contributed by atoms with Gasteiger partial charge in [-0.2, -0.15) is 4.98 Å². The fourth-order valence-electron chi connectivity index (χ4n) is 1.95. The molecule has 5 heteroatoms. The first-order valence-electron chi connectivity index (χ1n) is 6.09. The Balaban J connectivity index is 2.33. The van der Waals surface area contributed by atoms with Crippen LogP contribution in [-0.2, 0) is 5.54 Å². The molecule has 0 spiro atoms. The maximum atomic E-state index is 9.70. The number of rotatable bonds is 4. The second kappa shape index (κ2) is 5.24. The Kier molecular flexibility index (Phi) is 3.66. The smallest absolute Gasteiger partial charge is 0.222 e. The summed E-state index contributed by atoms with van der Waals surface area (Å²) in [5, 5.41) is 12.9. The van der Waals surface area contributed by atoms with Gasteiger partial charge >= 0.3 is 0 Å². The molecule has 1 heterocycles. The van der Waals surface area contributed by atoms with Crippen molar-refractivity contribution in [3.05, 3.63) is 47.7 Å². The number of aromatic nitrogens is 2. The van der Waals surface area contributed by atoms with E-state index in [9.17, 15) is 5.11 Å². The summed E-state index contributed by atoms with van der Waals surface area (Å²) in [6.45, 7) is 3.71. The highest BCUT2D eigenvalue weighted by atomic mass is 16.3. The highest BCUT2D eigenvalue weighted by Gasteiger charge is 2.26. The molecule has 0 aliphatic carbocycles. The van der Waals surface area contributed by atoms with Crippen LogP contribution in [0.25, 0.3) is 0 Å². The minimum atomic E-state index is -0.617. The van der Waals surface area contributed by atoms with Gasteiger partial charge < -0.3 is 16.2 Å². The maximum absolute atomic E-state index is 9.70. The molecule has 0 radical (unpaired) electrons. The van der Waals surface area contributed by atoms with Crippen LogP contribution in [0.4, 0.5) is 11.8 Å². The number of nitrogens with two attached hydrogens (primary N) is 1. The van der Waals surface area contributed by atoms with Crippen LogP contribution < -0.4 is 11.1 Å². The van der Waals surface area contributed by atoms with Gasteiger partial charge in [-0.1, -0.05) is 30.3 Å². The standard InChI is InChI=1S/C14H18N4O/c1-10-8-12(17-13(15)16-10)18-14(2,9-19)11-6-4-3-5-7-11/h3-8,19H,9H2,1-2H3,(H3,15,16,17,18). The third kappa shape index (κ3) is 3.00. The molecular formula is C14H18N4O. The summed E-state index contributed by atoms with van der Waals surface area (Å²) in [7, 11) is 0. The molecule has 1 atom stereocenters. The van der Waals surface area contributed by atoms with Gasteiger partial charge in [0.1, 0.15) is 5.82 Å². The van der Waals surface area contributed by atoms with E-state index in [4.69, 9.17) is 5.73 Å². The lowest BCUT2D eigenvalue weighted by Gasteiger charge is -2.30. The second-order valence-corrected chi connectivity index (χ2v) is 4.73. The van der Waals surface area contributed by atoms with E-state index < -0.39 is 5.54 Å². The average Bonchev–Trinajstić information content (AvgIpc) is 2.38. The van der Waals surface area contributed by atoms with Crippen LogP contribution in [0.2, 0.25) is 0 Å². The number of aryl methyl sites for hydroxylation is 1. The van der Waals surface area contributed by atoms with Crippen LogP contribution >= 0.6 is 0 Å². The van der Waals surface area contributed by atoms with Gasteiger partial charge in [0.25, 0.3) is 0 Å². The summed E-state index contributed by atoms with van der Waals surface area (Å²) < 4.78 is 0. The first kappa shape index (κ1) is 13.3. The summed E-state index contributed by atoms with van der Waals surface area (Å²) in [5.74, 6) is 0.821. The molecular weight excluding hydrogens is 240 g/mol. The van der Waals surface area contributed by atoms with Crippen molar-refractivity contribution in [2.75, 3.05) is 17.7 Å². The molecule has 0 aliphatic heterocycles. The van der Waals surface area contributed by atoms with Crippen LogP contribution in [0.3, 0.4) is 0 Å². The highest BCUT2D eigenvalue weighted by Crippen LogP contribution is 2.25. The van der Waals surface area contributed by atoms with Crippen molar-refractivity contribution in [1.29, 1.82) is 0 Å². The topological polar surface area (TPSA) is 84.1 Å². The number of hydrogen-bond acceptors (Lipinski definition) is 5. The van der Waals surface area contributed by atoms with Crippen molar-refractivity contribution < 1.29 is 5.11 Å². The van der Waals surface area contributed by atoms with Crippen LogP contribution in [0.15, 0.2) is 36.4 Å². The molecule has 0 saturated heterocycles. The van der Waals surface area contributed by atoms with Gasteiger partial charge in [-0.3, -0.25) is 0 Å². The van der Waals surface area contributed by atoms with E-state index in [0.29, 0.717) is 5.82 Å². The molecule has 19 heavy (non-hydrogen) atoms. The van der Waals surface area contributed by atoms with Gasteiger partial charge in [0, 0.05) is 11.8 Å². The molecule has 2 rings (SSSR count). The van der Waals surface area contributed by atoms with Gasteiger partial charge in [-0.05, 0) is 19.4 Å². The number of nitrogens with zero attached hydrogens (tertiary/aromatic N) is 2. The van der Waals surface area contributed by atoms with Gasteiger partial charge in [-0.15, -0.1) is 0 Å². The molecule has 100 valence electrons. The molecule has 5 nitrogen and oxygen atoms in total. The average molecular weight is 258 g/mol. The Labute approximate surface area is 112 Å². The number of hydrogen-bond donors (Lipinski definition) is 3. The van der Waals surface area contributed by atoms with Crippen molar-refractivity contribution in [3.63, 3.8) is 0 Å². The number of nitrogens with one attached hydrogen (secondary N) is 1. The van der Waals surface area contributed by atoms with E-state index in [0.717, 1.165) is 11.3 Å². The SMILES string of the molecule is Cc1cc(NC(C)(CO)c2ccccc2)nc(N)n1. The van der Waals surface area contributed by atoms with E-state index in [2.05, 4.69) is 15.3 Å². The zero-order valence-electron chi connectivity index (χ0n) is 11.1. The first-order chi connectivity index (χ1) is 9.03. The zero-order chi connectivity index (χ0) is 13.9. The Morgan fingerprint density at radius 3 is 2.53 bits per heavy atom. The second-order valence-electron chi connectivity index (χ2n) is 4.73. The third-order valence-electron chi connectivity index (χ3n) is 3.00. The van der Waals surface area contributed by atoms with E-state index in [1.807, 2.05) is 44.2 Å². The van der Waals surface area contributed by atoms with Crippen LogP contribution in [0, 0.1) is 6.92 Å². The van der Waals surface area contributed by atoms with Gasteiger partial charge in [-0.25, -0.2) is 4.98 Å². The first-order valence-corrected chi connectivity index (χ1v) is 6.09. The van der Waals surface area contributed by atoms with E-state index >= 15 is 0 Å². The molecule has 2 aromatic rings. The molecule has 0 fully saturated rings. The fraction of sp³-hybridized carbons (Fsp3) is 0.286. The van der Waals surface area contributed by atoms with Gasteiger partial charge in [0.05, 0.1) is 12.1 Å². The lowest BCUT2D eigenvalue weighted by Crippen LogP contribution is -2.36. The molecule has 1 aromatic carbocycles. The number of aliphatic hydroxyl groups excluding tert-OH is 1. The van der Waals surface area contributed by atoms with Crippen molar-refractivity contribution in [1.82, 2.24) is 9.97 Å². The van der Waals surface area contributed by atoms with Crippen LogP contribution in [-0.4, -0.2) is 21.7 Å². The summed E-state index contributed by atoms with van der Waals surface area (Å²) in [4.78, 5) is 8.16. The third-order valence-corrected chi connectivity index (χ3v) is 3.00. The summed E-state index contributed by atoms with van der Waals surface area (Å²) >= 11 is 0. The zero-order valence-corrected chi connectivity index (χ0v) is 11.1. The van der Waals surface area contributed by atoms with Crippen LogP contribution in [0.1, 0.15) is 18.2 Å². The van der Waals surface area contributed by atoms with Crippen LogP contribution in [0.5, 0.6) is 0 Å². The molecule has 4 N–H and O–H groups in total.